The fourth-order valence-corrected chi connectivity index (χ4v) is 4.76. The Labute approximate surface area is 193 Å². The molecule has 9 heteroatoms. The summed E-state index contributed by atoms with van der Waals surface area (Å²) in [4.78, 5) is 52.4. The highest BCUT2D eigenvalue weighted by atomic mass is 16.6. The lowest BCUT2D eigenvalue weighted by Gasteiger charge is -2.39. The number of esters is 1. The van der Waals surface area contributed by atoms with Gasteiger partial charge < -0.3 is 19.6 Å². The van der Waals surface area contributed by atoms with E-state index in [0.717, 1.165) is 11.3 Å². The second kappa shape index (κ2) is 8.44. The highest BCUT2D eigenvalue weighted by Crippen LogP contribution is 2.34. The van der Waals surface area contributed by atoms with Gasteiger partial charge >= 0.3 is 5.97 Å². The minimum atomic E-state index is -1.09. The van der Waals surface area contributed by atoms with Gasteiger partial charge in [0.15, 0.2) is 0 Å². The molecule has 178 valence electrons. The van der Waals surface area contributed by atoms with E-state index in [1.807, 2.05) is 12.1 Å². The summed E-state index contributed by atoms with van der Waals surface area (Å²) in [6.07, 6.45) is 1.40. The number of hydrogen-bond acceptors (Lipinski definition) is 7. The molecule has 0 radical (unpaired) electrons. The third kappa shape index (κ3) is 5.03. The third-order valence-corrected chi connectivity index (χ3v) is 6.46. The van der Waals surface area contributed by atoms with Gasteiger partial charge in [-0.1, -0.05) is 0 Å². The van der Waals surface area contributed by atoms with Crippen molar-refractivity contribution in [1.29, 1.82) is 0 Å². The van der Waals surface area contributed by atoms with Gasteiger partial charge in [-0.3, -0.25) is 24.5 Å². The van der Waals surface area contributed by atoms with Gasteiger partial charge in [-0.15, -0.1) is 0 Å². The molecule has 2 saturated heterocycles. The quantitative estimate of drug-likeness (QED) is 0.520. The van der Waals surface area contributed by atoms with E-state index in [1.165, 1.54) is 4.90 Å². The maximum Gasteiger partial charge on any atom is 0.309 e. The molecule has 3 aliphatic rings. The molecule has 0 aromatic heterocycles. The Balaban J connectivity index is 1.39. The number of benzene rings is 1. The van der Waals surface area contributed by atoms with E-state index in [-0.39, 0.29) is 24.7 Å². The molecule has 33 heavy (non-hydrogen) atoms. The first-order valence-corrected chi connectivity index (χ1v) is 11.4. The molecule has 3 heterocycles. The van der Waals surface area contributed by atoms with Gasteiger partial charge in [0.1, 0.15) is 11.6 Å². The first-order valence-electron chi connectivity index (χ1n) is 11.4. The largest absolute Gasteiger partial charge is 0.460 e. The number of carbonyl (C=O) groups is 4. The topological polar surface area (TPSA) is 116 Å². The van der Waals surface area contributed by atoms with Crippen LogP contribution >= 0.6 is 0 Å². The maximum absolute atomic E-state index is 12.9. The number of nitrogens with zero attached hydrogens (tertiary/aromatic N) is 2. The SMILES string of the molecule is CC(C)(C)OC(=O)CC1(O)CCN(c2ccc3c(c2)CN([C@H]2CCC(=O)NC2=O)C3=O)CC1. The monoisotopic (exact) mass is 457 g/mol. The molecule has 4 rings (SSSR count). The van der Waals surface area contributed by atoms with Crippen molar-refractivity contribution in [2.24, 2.45) is 0 Å². The van der Waals surface area contributed by atoms with Gasteiger partial charge in [0.05, 0.1) is 12.0 Å². The lowest BCUT2D eigenvalue weighted by molar-refractivity contribution is -0.161. The van der Waals surface area contributed by atoms with Gasteiger partial charge in [-0.05, 0) is 63.8 Å². The van der Waals surface area contributed by atoms with Crippen LogP contribution < -0.4 is 10.2 Å². The van der Waals surface area contributed by atoms with Crippen LogP contribution in [0.1, 0.15) is 68.8 Å². The number of imide groups is 1. The summed E-state index contributed by atoms with van der Waals surface area (Å²) in [5.41, 5.74) is 0.677. The van der Waals surface area contributed by atoms with E-state index in [1.54, 1.807) is 26.8 Å². The van der Waals surface area contributed by atoms with Crippen LogP contribution in [-0.2, 0) is 25.7 Å². The molecule has 3 aliphatic heterocycles. The van der Waals surface area contributed by atoms with Crippen molar-refractivity contribution in [3.05, 3.63) is 29.3 Å². The number of rotatable bonds is 4. The fraction of sp³-hybridized carbons (Fsp3) is 0.583. The van der Waals surface area contributed by atoms with Crippen LogP contribution in [0, 0.1) is 0 Å². The van der Waals surface area contributed by atoms with Crippen molar-refractivity contribution < 1.29 is 29.0 Å². The van der Waals surface area contributed by atoms with Gasteiger partial charge in [0.2, 0.25) is 11.8 Å². The molecule has 0 aliphatic carbocycles. The molecule has 0 bridgehead atoms. The number of hydrogen-bond donors (Lipinski definition) is 2. The van der Waals surface area contributed by atoms with Crippen molar-refractivity contribution in [2.45, 2.75) is 76.7 Å². The molecule has 0 saturated carbocycles. The standard InChI is InChI=1S/C24H31N3O6/c1-23(2,3)33-20(29)13-24(32)8-10-26(11-9-24)16-4-5-17-15(12-16)14-27(22(17)31)18-6-7-19(28)25-21(18)30/h4-5,12,18,32H,6-11,13-14H2,1-3H3,(H,25,28,30)/t18-/m0/s1. The number of ether oxygens (including phenoxy) is 1. The Morgan fingerprint density at radius 2 is 1.91 bits per heavy atom. The number of piperidine rings is 2. The first-order chi connectivity index (χ1) is 15.4. The first kappa shape index (κ1) is 23.2. The predicted octanol–water partition coefficient (Wildman–Crippen LogP) is 1.51. The smallest absolute Gasteiger partial charge is 0.309 e. The van der Waals surface area contributed by atoms with E-state index >= 15 is 0 Å². The van der Waals surface area contributed by atoms with Gasteiger partial charge in [0.25, 0.3) is 5.91 Å². The minimum absolute atomic E-state index is 0.0300. The molecule has 2 fully saturated rings. The van der Waals surface area contributed by atoms with E-state index in [2.05, 4.69) is 10.2 Å². The molecule has 0 unspecified atom stereocenters. The fourth-order valence-electron chi connectivity index (χ4n) is 4.76. The van der Waals surface area contributed by atoms with Crippen molar-refractivity contribution in [3.8, 4) is 0 Å². The molecule has 1 aromatic carbocycles. The van der Waals surface area contributed by atoms with Crippen LogP contribution in [0.4, 0.5) is 5.69 Å². The highest BCUT2D eigenvalue weighted by Gasteiger charge is 2.40. The number of anilines is 1. The van der Waals surface area contributed by atoms with E-state index < -0.39 is 29.1 Å². The molecule has 2 N–H and O–H groups in total. The van der Waals surface area contributed by atoms with Crippen LogP contribution in [0.25, 0.3) is 0 Å². The number of carbonyl (C=O) groups excluding carboxylic acids is 4. The van der Waals surface area contributed by atoms with Crippen molar-refractivity contribution in [1.82, 2.24) is 10.2 Å². The Morgan fingerprint density at radius 3 is 2.55 bits per heavy atom. The lowest BCUT2D eigenvalue weighted by Crippen LogP contribution is -2.52. The molecule has 1 aromatic rings. The van der Waals surface area contributed by atoms with Crippen LogP contribution in [0.5, 0.6) is 0 Å². The molecule has 0 spiro atoms. The molecule has 3 amide bonds. The number of aliphatic hydroxyl groups is 1. The number of nitrogens with one attached hydrogen (secondary N) is 1. The van der Waals surface area contributed by atoms with Crippen molar-refractivity contribution >= 4 is 29.4 Å². The predicted molar refractivity (Wildman–Crippen MR) is 119 cm³/mol. The summed E-state index contributed by atoms with van der Waals surface area (Å²) in [7, 11) is 0. The highest BCUT2D eigenvalue weighted by molar-refractivity contribution is 6.05. The van der Waals surface area contributed by atoms with E-state index in [9.17, 15) is 24.3 Å². The lowest BCUT2D eigenvalue weighted by atomic mass is 9.88. The second-order valence-corrected chi connectivity index (χ2v) is 10.2. The maximum atomic E-state index is 12.9. The van der Waals surface area contributed by atoms with Crippen LogP contribution in [0.15, 0.2) is 18.2 Å². The summed E-state index contributed by atoms with van der Waals surface area (Å²) in [5.74, 6) is -1.33. The summed E-state index contributed by atoms with van der Waals surface area (Å²) >= 11 is 0. The number of fused-ring (bicyclic) bond motifs is 1. The van der Waals surface area contributed by atoms with Crippen molar-refractivity contribution in [3.63, 3.8) is 0 Å². The molecular formula is C24H31N3O6. The zero-order chi connectivity index (χ0) is 24.0. The Morgan fingerprint density at radius 1 is 1.21 bits per heavy atom. The Bertz CT molecular complexity index is 990. The summed E-state index contributed by atoms with van der Waals surface area (Å²) in [6.45, 7) is 6.88. The van der Waals surface area contributed by atoms with Crippen LogP contribution in [-0.4, -0.2) is 64.0 Å². The van der Waals surface area contributed by atoms with Crippen LogP contribution in [0.3, 0.4) is 0 Å². The van der Waals surface area contributed by atoms with Gasteiger partial charge in [-0.25, -0.2) is 0 Å². The molecule has 9 nitrogen and oxygen atoms in total. The van der Waals surface area contributed by atoms with Gasteiger partial charge in [0, 0.05) is 37.3 Å². The molecule has 1 atom stereocenters. The zero-order valence-corrected chi connectivity index (χ0v) is 19.3. The normalized spacial score (nSPS) is 22.8. The average molecular weight is 458 g/mol. The van der Waals surface area contributed by atoms with Gasteiger partial charge in [-0.2, -0.15) is 0 Å². The summed E-state index contributed by atoms with van der Waals surface area (Å²) in [6, 6.07) is 4.98. The average Bonchev–Trinajstić information content (AvgIpc) is 3.02. The van der Waals surface area contributed by atoms with Crippen molar-refractivity contribution in [2.75, 3.05) is 18.0 Å². The zero-order valence-electron chi connectivity index (χ0n) is 19.3. The third-order valence-electron chi connectivity index (χ3n) is 6.46. The second-order valence-electron chi connectivity index (χ2n) is 10.2. The summed E-state index contributed by atoms with van der Waals surface area (Å²) < 4.78 is 5.35. The van der Waals surface area contributed by atoms with E-state index in [0.29, 0.717) is 44.5 Å². The molecular weight excluding hydrogens is 426 g/mol. The van der Waals surface area contributed by atoms with E-state index in [4.69, 9.17) is 4.74 Å². The Hall–Kier alpha value is -2.94. The Kier molecular flexibility index (Phi) is 5.94. The number of amides is 3. The minimum Gasteiger partial charge on any atom is -0.460 e. The van der Waals surface area contributed by atoms with Crippen LogP contribution in [0.2, 0.25) is 0 Å². The summed E-state index contributed by atoms with van der Waals surface area (Å²) in [5, 5.41) is 13.2.